The average Bonchev–Trinajstić information content (AvgIpc) is 2.72. The zero-order valence-electron chi connectivity index (χ0n) is 11.8. The number of anilines is 2. The summed E-state index contributed by atoms with van der Waals surface area (Å²) < 4.78 is 0. The van der Waals surface area contributed by atoms with Crippen molar-refractivity contribution in [1.82, 2.24) is 5.32 Å². The van der Waals surface area contributed by atoms with Crippen LogP contribution in [-0.4, -0.2) is 26.5 Å². The zero-order valence-corrected chi connectivity index (χ0v) is 12.6. The largest absolute Gasteiger partial charge is 0.396 e. The van der Waals surface area contributed by atoms with Crippen LogP contribution in [0.25, 0.3) is 0 Å². The number of thiophene rings is 1. The molecule has 0 aliphatic rings. The number of hydrogen-bond acceptors (Lipinski definition) is 5. The maximum Gasteiger partial charge on any atom is 0.256 e. The first kappa shape index (κ1) is 15.3. The fourth-order valence-electron chi connectivity index (χ4n) is 1.68. The van der Waals surface area contributed by atoms with E-state index in [4.69, 9.17) is 11.0 Å². The standard InChI is InChI=1S/C13H20N4OS/c1-8(2)5-6-17(4)13-10(12(18)16-3)11(15)9(7-14)19-13/h8H,5-6,15H2,1-4H3,(H,16,18). The molecule has 0 aliphatic carbocycles. The third kappa shape index (κ3) is 3.38. The van der Waals surface area contributed by atoms with E-state index >= 15 is 0 Å². The van der Waals surface area contributed by atoms with Crippen LogP contribution in [0.15, 0.2) is 0 Å². The molecule has 1 aromatic rings. The average molecular weight is 280 g/mol. The lowest BCUT2D eigenvalue weighted by Gasteiger charge is -2.20. The Labute approximate surface area is 118 Å². The first-order valence-corrected chi connectivity index (χ1v) is 6.99. The molecule has 0 fully saturated rings. The molecule has 1 amide bonds. The smallest absolute Gasteiger partial charge is 0.256 e. The summed E-state index contributed by atoms with van der Waals surface area (Å²) >= 11 is 1.27. The number of carbonyl (C=O) groups excluding carboxylic acids is 1. The molecule has 0 saturated heterocycles. The van der Waals surface area contributed by atoms with Gasteiger partial charge in [0.2, 0.25) is 0 Å². The molecule has 0 spiro atoms. The molecule has 1 aromatic heterocycles. The maximum absolute atomic E-state index is 11.9. The van der Waals surface area contributed by atoms with Crippen molar-refractivity contribution in [2.24, 2.45) is 5.92 Å². The second-order valence-corrected chi connectivity index (χ2v) is 5.82. The van der Waals surface area contributed by atoms with Crippen molar-refractivity contribution in [3.8, 4) is 6.07 Å². The number of hydrogen-bond donors (Lipinski definition) is 2. The topological polar surface area (TPSA) is 82.2 Å². The van der Waals surface area contributed by atoms with Gasteiger partial charge in [0.1, 0.15) is 15.9 Å². The second-order valence-electron chi connectivity index (χ2n) is 4.82. The second kappa shape index (κ2) is 6.43. The molecule has 1 rings (SSSR count). The molecule has 6 heteroatoms. The number of nitriles is 1. The Morgan fingerprint density at radius 1 is 1.58 bits per heavy atom. The van der Waals surface area contributed by atoms with E-state index in [1.165, 1.54) is 11.3 Å². The summed E-state index contributed by atoms with van der Waals surface area (Å²) in [7, 11) is 3.48. The molecule has 0 saturated carbocycles. The van der Waals surface area contributed by atoms with Crippen molar-refractivity contribution < 1.29 is 4.79 Å². The molecule has 0 unspecified atom stereocenters. The van der Waals surface area contributed by atoms with Crippen LogP contribution < -0.4 is 16.0 Å². The molecular weight excluding hydrogens is 260 g/mol. The predicted molar refractivity (Wildman–Crippen MR) is 79.6 cm³/mol. The Kier molecular flexibility index (Phi) is 5.19. The first-order valence-electron chi connectivity index (χ1n) is 6.17. The maximum atomic E-state index is 11.9. The summed E-state index contributed by atoms with van der Waals surface area (Å²) in [5.74, 6) is 0.334. The lowest BCUT2D eigenvalue weighted by Crippen LogP contribution is -2.25. The van der Waals surface area contributed by atoms with Crippen molar-refractivity contribution in [1.29, 1.82) is 5.26 Å². The van der Waals surface area contributed by atoms with E-state index in [1.807, 2.05) is 18.0 Å². The van der Waals surface area contributed by atoms with Crippen molar-refractivity contribution >= 4 is 27.9 Å². The van der Waals surface area contributed by atoms with Crippen molar-refractivity contribution in [3.63, 3.8) is 0 Å². The third-order valence-corrected chi connectivity index (χ3v) is 4.10. The van der Waals surface area contributed by atoms with Crippen LogP contribution in [0.2, 0.25) is 0 Å². The molecule has 0 aliphatic heterocycles. The van der Waals surface area contributed by atoms with Crippen LogP contribution in [0, 0.1) is 17.2 Å². The van der Waals surface area contributed by atoms with E-state index in [-0.39, 0.29) is 11.6 Å². The van der Waals surface area contributed by atoms with Crippen LogP contribution in [0.5, 0.6) is 0 Å². The van der Waals surface area contributed by atoms with Gasteiger partial charge in [-0.25, -0.2) is 0 Å². The van der Waals surface area contributed by atoms with Gasteiger partial charge in [0.15, 0.2) is 0 Å². The van der Waals surface area contributed by atoms with Gasteiger partial charge in [0.25, 0.3) is 5.91 Å². The van der Waals surface area contributed by atoms with Crippen LogP contribution in [0.1, 0.15) is 35.5 Å². The highest BCUT2D eigenvalue weighted by Crippen LogP contribution is 2.37. The Balaban J connectivity index is 3.12. The van der Waals surface area contributed by atoms with Gasteiger partial charge in [0, 0.05) is 20.6 Å². The van der Waals surface area contributed by atoms with Gasteiger partial charge in [-0.15, -0.1) is 11.3 Å². The Morgan fingerprint density at radius 3 is 2.68 bits per heavy atom. The summed E-state index contributed by atoms with van der Waals surface area (Å²) in [6, 6.07) is 2.04. The molecular formula is C13H20N4OS. The minimum atomic E-state index is -0.248. The van der Waals surface area contributed by atoms with Gasteiger partial charge in [-0.1, -0.05) is 13.8 Å². The zero-order chi connectivity index (χ0) is 14.6. The Morgan fingerprint density at radius 2 is 2.21 bits per heavy atom. The molecule has 3 N–H and O–H groups in total. The van der Waals surface area contributed by atoms with Crippen molar-refractivity contribution in [3.05, 3.63) is 10.4 Å². The Bertz CT molecular complexity index is 501. The number of nitrogens with two attached hydrogens (primary N) is 1. The molecule has 0 atom stereocenters. The lowest BCUT2D eigenvalue weighted by molar-refractivity contribution is 0.0965. The number of nitrogens with one attached hydrogen (secondary N) is 1. The highest BCUT2D eigenvalue weighted by atomic mass is 32.1. The number of amides is 1. The number of nitrogen functional groups attached to an aromatic ring is 1. The van der Waals surface area contributed by atoms with Gasteiger partial charge < -0.3 is 16.0 Å². The number of nitrogens with zero attached hydrogens (tertiary/aromatic N) is 2. The van der Waals surface area contributed by atoms with Crippen LogP contribution in [0.4, 0.5) is 10.7 Å². The number of rotatable bonds is 5. The highest BCUT2D eigenvalue weighted by molar-refractivity contribution is 7.17. The summed E-state index contributed by atoms with van der Waals surface area (Å²) in [4.78, 5) is 14.3. The summed E-state index contributed by atoms with van der Waals surface area (Å²) in [6.45, 7) is 5.13. The lowest BCUT2D eigenvalue weighted by atomic mass is 10.1. The van der Waals surface area contributed by atoms with Crippen LogP contribution in [0.3, 0.4) is 0 Å². The van der Waals surface area contributed by atoms with Gasteiger partial charge in [0.05, 0.1) is 11.3 Å². The molecule has 5 nitrogen and oxygen atoms in total. The SMILES string of the molecule is CNC(=O)c1c(N(C)CCC(C)C)sc(C#N)c1N. The predicted octanol–water partition coefficient (Wildman–Crippen LogP) is 2.04. The Hall–Kier alpha value is -1.74. The van der Waals surface area contributed by atoms with E-state index in [0.717, 1.165) is 18.0 Å². The minimum Gasteiger partial charge on any atom is -0.396 e. The molecule has 0 aromatic carbocycles. The van der Waals surface area contributed by atoms with Crippen LogP contribution in [-0.2, 0) is 0 Å². The van der Waals surface area contributed by atoms with Gasteiger partial charge in [-0.05, 0) is 12.3 Å². The highest BCUT2D eigenvalue weighted by Gasteiger charge is 2.23. The first-order chi connectivity index (χ1) is 8.92. The van der Waals surface area contributed by atoms with Gasteiger partial charge in [-0.3, -0.25) is 4.79 Å². The van der Waals surface area contributed by atoms with E-state index in [2.05, 4.69) is 19.2 Å². The van der Waals surface area contributed by atoms with E-state index < -0.39 is 0 Å². The van der Waals surface area contributed by atoms with E-state index in [9.17, 15) is 4.79 Å². The molecule has 1 heterocycles. The number of carbonyl (C=O) groups is 1. The monoisotopic (exact) mass is 280 g/mol. The van der Waals surface area contributed by atoms with Crippen molar-refractivity contribution in [2.75, 3.05) is 31.3 Å². The summed E-state index contributed by atoms with van der Waals surface area (Å²) in [6.07, 6.45) is 1.02. The minimum absolute atomic E-state index is 0.248. The normalized spacial score (nSPS) is 10.3. The van der Waals surface area contributed by atoms with E-state index in [1.54, 1.807) is 7.05 Å². The van der Waals surface area contributed by atoms with Crippen LogP contribution >= 0.6 is 11.3 Å². The van der Waals surface area contributed by atoms with Gasteiger partial charge >= 0.3 is 0 Å². The van der Waals surface area contributed by atoms with Crippen molar-refractivity contribution in [2.45, 2.75) is 20.3 Å². The van der Waals surface area contributed by atoms with E-state index in [0.29, 0.717) is 16.4 Å². The fourth-order valence-corrected chi connectivity index (χ4v) is 2.68. The fraction of sp³-hybridized carbons (Fsp3) is 0.538. The summed E-state index contributed by atoms with van der Waals surface area (Å²) in [5, 5.41) is 12.4. The molecule has 19 heavy (non-hydrogen) atoms. The molecule has 0 bridgehead atoms. The molecule has 104 valence electrons. The summed E-state index contributed by atoms with van der Waals surface area (Å²) in [5.41, 5.74) is 6.57. The quantitative estimate of drug-likeness (QED) is 0.864. The van der Waals surface area contributed by atoms with Gasteiger partial charge in [-0.2, -0.15) is 5.26 Å². The third-order valence-electron chi connectivity index (χ3n) is 2.87. The molecule has 0 radical (unpaired) electrons.